The summed E-state index contributed by atoms with van der Waals surface area (Å²) in [7, 11) is 0. The van der Waals surface area contributed by atoms with Crippen LogP contribution in [-0.4, -0.2) is 24.5 Å². The van der Waals surface area contributed by atoms with Crippen molar-refractivity contribution >= 4 is 0 Å². The van der Waals surface area contributed by atoms with Gasteiger partial charge in [0.15, 0.2) is 0 Å². The third kappa shape index (κ3) is 3.55. The van der Waals surface area contributed by atoms with Crippen molar-refractivity contribution in [2.24, 2.45) is 0 Å². The van der Waals surface area contributed by atoms with Crippen molar-refractivity contribution in [3.63, 3.8) is 0 Å². The van der Waals surface area contributed by atoms with Crippen molar-refractivity contribution in [1.82, 2.24) is 10.2 Å². The predicted molar refractivity (Wildman–Crippen MR) is 85.2 cm³/mol. The molecule has 3 rings (SSSR count). The van der Waals surface area contributed by atoms with Gasteiger partial charge in [0, 0.05) is 25.2 Å². The van der Waals surface area contributed by atoms with Gasteiger partial charge in [0.1, 0.15) is 5.76 Å². The van der Waals surface area contributed by atoms with Gasteiger partial charge in [0.05, 0.1) is 12.8 Å². The summed E-state index contributed by atoms with van der Waals surface area (Å²) in [5.41, 5.74) is 4.30. The molecule has 0 bridgehead atoms. The second-order valence-electron chi connectivity index (χ2n) is 5.69. The molecule has 0 saturated heterocycles. The summed E-state index contributed by atoms with van der Waals surface area (Å²) < 4.78 is 5.70. The van der Waals surface area contributed by atoms with Crippen molar-refractivity contribution in [3.05, 3.63) is 59.0 Å². The molecule has 0 atom stereocenters. The zero-order valence-corrected chi connectivity index (χ0v) is 12.8. The number of furan rings is 1. The van der Waals surface area contributed by atoms with E-state index in [9.17, 15) is 0 Å². The quantitative estimate of drug-likeness (QED) is 0.915. The molecule has 112 valence electrons. The van der Waals surface area contributed by atoms with Gasteiger partial charge >= 0.3 is 0 Å². The highest BCUT2D eigenvalue weighted by Gasteiger charge is 2.16. The number of hydrogen-bond donors (Lipinski definition) is 1. The fourth-order valence-electron chi connectivity index (χ4n) is 3.00. The highest BCUT2D eigenvalue weighted by molar-refractivity contribution is 5.28. The Morgan fingerprint density at radius 3 is 2.48 bits per heavy atom. The predicted octanol–water partition coefficient (Wildman–Crippen LogP) is 2.99. The van der Waals surface area contributed by atoms with Gasteiger partial charge in [0.25, 0.3) is 0 Å². The molecule has 0 amide bonds. The molecule has 2 heterocycles. The lowest BCUT2D eigenvalue weighted by atomic mass is 10.0. The molecule has 0 saturated carbocycles. The lowest BCUT2D eigenvalue weighted by Gasteiger charge is -2.19. The maximum Gasteiger partial charge on any atom is 0.122 e. The van der Waals surface area contributed by atoms with Gasteiger partial charge in [-0.2, -0.15) is 0 Å². The first-order valence-corrected chi connectivity index (χ1v) is 7.92. The second kappa shape index (κ2) is 6.92. The fourth-order valence-corrected chi connectivity index (χ4v) is 3.00. The van der Waals surface area contributed by atoms with Crippen LogP contribution in [-0.2, 0) is 25.9 Å². The van der Waals surface area contributed by atoms with Crippen molar-refractivity contribution in [3.8, 4) is 0 Å². The topological polar surface area (TPSA) is 28.4 Å². The summed E-state index contributed by atoms with van der Waals surface area (Å²) in [6.45, 7) is 7.16. The monoisotopic (exact) mass is 284 g/mol. The molecule has 1 aliphatic rings. The van der Waals surface area contributed by atoms with Gasteiger partial charge in [-0.25, -0.2) is 0 Å². The van der Waals surface area contributed by atoms with Crippen molar-refractivity contribution in [1.29, 1.82) is 0 Å². The molecule has 21 heavy (non-hydrogen) atoms. The Kier molecular flexibility index (Phi) is 4.73. The largest absolute Gasteiger partial charge is 0.468 e. The van der Waals surface area contributed by atoms with Crippen LogP contribution in [0.2, 0.25) is 0 Å². The Morgan fingerprint density at radius 1 is 1.10 bits per heavy atom. The van der Waals surface area contributed by atoms with E-state index in [1.165, 1.54) is 16.7 Å². The van der Waals surface area contributed by atoms with Crippen LogP contribution in [0.25, 0.3) is 0 Å². The van der Waals surface area contributed by atoms with Crippen LogP contribution in [0.4, 0.5) is 0 Å². The minimum Gasteiger partial charge on any atom is -0.468 e. The number of rotatable bonds is 5. The van der Waals surface area contributed by atoms with Gasteiger partial charge in [0.2, 0.25) is 0 Å². The van der Waals surface area contributed by atoms with Gasteiger partial charge in [-0.05, 0) is 36.6 Å². The number of fused-ring (bicyclic) bond motifs is 1. The Labute approximate surface area is 127 Å². The Hall–Kier alpha value is -1.58. The first-order chi connectivity index (χ1) is 10.4. The van der Waals surface area contributed by atoms with Crippen LogP contribution in [0.3, 0.4) is 0 Å². The summed E-state index contributed by atoms with van der Waals surface area (Å²) in [6, 6.07) is 10.9. The Bertz CT molecular complexity index is 549. The summed E-state index contributed by atoms with van der Waals surface area (Å²) in [4.78, 5) is 2.51. The first kappa shape index (κ1) is 14.4. The third-order valence-electron chi connectivity index (χ3n) is 4.28. The summed E-state index contributed by atoms with van der Waals surface area (Å²) in [5, 5.41) is 3.38. The molecule has 3 nitrogen and oxygen atoms in total. The number of nitrogens with zero attached hydrogens (tertiary/aromatic N) is 1. The van der Waals surface area contributed by atoms with E-state index in [0.717, 1.165) is 51.3 Å². The van der Waals surface area contributed by atoms with Crippen LogP contribution < -0.4 is 5.32 Å². The molecule has 0 radical (unpaired) electrons. The minimum atomic E-state index is 0.899. The molecular formula is C18H24N2O. The molecule has 0 unspecified atom stereocenters. The molecule has 1 aliphatic heterocycles. The van der Waals surface area contributed by atoms with E-state index in [-0.39, 0.29) is 0 Å². The first-order valence-electron chi connectivity index (χ1n) is 7.92. The molecule has 1 aromatic carbocycles. The second-order valence-corrected chi connectivity index (χ2v) is 5.69. The third-order valence-corrected chi connectivity index (χ3v) is 4.28. The Balaban J connectivity index is 1.63. The van der Waals surface area contributed by atoms with Crippen LogP contribution in [0.15, 0.2) is 41.0 Å². The summed E-state index contributed by atoms with van der Waals surface area (Å²) in [6.07, 6.45) is 4.09. The maximum atomic E-state index is 5.70. The highest BCUT2D eigenvalue weighted by atomic mass is 16.3. The average molecular weight is 284 g/mol. The van der Waals surface area contributed by atoms with E-state index in [1.54, 1.807) is 0 Å². The Morgan fingerprint density at radius 2 is 1.81 bits per heavy atom. The summed E-state index contributed by atoms with van der Waals surface area (Å²) in [5.74, 6) is 1.11. The van der Waals surface area contributed by atoms with Crippen LogP contribution in [0.5, 0.6) is 0 Å². The van der Waals surface area contributed by atoms with Crippen molar-refractivity contribution < 1.29 is 4.42 Å². The maximum absolute atomic E-state index is 5.70. The van der Waals surface area contributed by atoms with E-state index in [4.69, 9.17) is 4.42 Å². The van der Waals surface area contributed by atoms with E-state index < -0.39 is 0 Å². The number of benzene rings is 1. The molecule has 0 fully saturated rings. The summed E-state index contributed by atoms with van der Waals surface area (Å²) >= 11 is 0. The SMILES string of the molecule is CCNCc1ccoc1CN1CCc2ccccc2CC1. The molecule has 2 aromatic rings. The van der Waals surface area contributed by atoms with Crippen LogP contribution in [0.1, 0.15) is 29.4 Å². The lowest BCUT2D eigenvalue weighted by Crippen LogP contribution is -2.26. The fraction of sp³-hybridized carbons (Fsp3) is 0.444. The minimum absolute atomic E-state index is 0.899. The van der Waals surface area contributed by atoms with Gasteiger partial charge in [-0.3, -0.25) is 4.90 Å². The van der Waals surface area contributed by atoms with E-state index in [2.05, 4.69) is 47.5 Å². The van der Waals surface area contributed by atoms with E-state index >= 15 is 0 Å². The lowest BCUT2D eigenvalue weighted by molar-refractivity contribution is 0.253. The average Bonchev–Trinajstić information content (AvgIpc) is 2.85. The molecular weight excluding hydrogens is 260 g/mol. The highest BCUT2D eigenvalue weighted by Crippen LogP contribution is 2.19. The standard InChI is InChI=1S/C18H24N2O/c1-2-19-13-17-9-12-21-18(17)14-20-10-7-15-5-3-4-6-16(15)8-11-20/h3-6,9,12,19H,2,7-8,10-11,13-14H2,1H3. The van der Waals surface area contributed by atoms with Crippen LogP contribution >= 0.6 is 0 Å². The van der Waals surface area contributed by atoms with E-state index in [1.807, 2.05) is 6.26 Å². The van der Waals surface area contributed by atoms with Crippen molar-refractivity contribution in [2.45, 2.75) is 32.9 Å². The smallest absolute Gasteiger partial charge is 0.122 e. The van der Waals surface area contributed by atoms with Crippen LogP contribution in [0, 0.1) is 0 Å². The van der Waals surface area contributed by atoms with Gasteiger partial charge in [-0.15, -0.1) is 0 Å². The number of hydrogen-bond acceptors (Lipinski definition) is 3. The van der Waals surface area contributed by atoms with Gasteiger partial charge < -0.3 is 9.73 Å². The molecule has 0 spiro atoms. The van der Waals surface area contributed by atoms with Gasteiger partial charge in [-0.1, -0.05) is 31.2 Å². The molecule has 1 aromatic heterocycles. The number of nitrogens with one attached hydrogen (secondary N) is 1. The zero-order valence-electron chi connectivity index (χ0n) is 12.8. The van der Waals surface area contributed by atoms with Crippen molar-refractivity contribution in [2.75, 3.05) is 19.6 Å². The molecule has 0 aliphatic carbocycles. The normalized spacial score (nSPS) is 15.7. The molecule has 3 heteroatoms. The zero-order chi connectivity index (χ0) is 14.5. The van der Waals surface area contributed by atoms with E-state index in [0.29, 0.717) is 0 Å². The molecule has 1 N–H and O–H groups in total.